The van der Waals surface area contributed by atoms with Crippen molar-refractivity contribution in [2.45, 2.75) is 31.7 Å². The normalized spacial score (nSPS) is 23.6. The second-order valence-corrected chi connectivity index (χ2v) is 5.40. The fourth-order valence-electron chi connectivity index (χ4n) is 2.85. The fourth-order valence-corrected chi connectivity index (χ4v) is 2.85. The van der Waals surface area contributed by atoms with Gasteiger partial charge < -0.3 is 15.5 Å². The first kappa shape index (κ1) is 13.1. The number of rotatable bonds is 2. The molecule has 2 aliphatic heterocycles. The van der Waals surface area contributed by atoms with Crippen LogP contribution in [0, 0.1) is 0 Å². The van der Waals surface area contributed by atoms with Crippen LogP contribution in [-0.2, 0) is 9.59 Å². The molecule has 0 spiro atoms. The van der Waals surface area contributed by atoms with Crippen LogP contribution < -0.4 is 15.5 Å². The smallest absolute Gasteiger partial charge is 0.243 e. The van der Waals surface area contributed by atoms with Gasteiger partial charge in [-0.15, -0.1) is 0 Å². The number of anilines is 2. The lowest BCUT2D eigenvalue weighted by atomic mass is 10.1. The van der Waals surface area contributed by atoms with E-state index in [4.69, 9.17) is 5.73 Å². The van der Waals surface area contributed by atoms with Gasteiger partial charge in [-0.3, -0.25) is 9.59 Å². The van der Waals surface area contributed by atoms with Crippen LogP contribution in [0.3, 0.4) is 0 Å². The number of hydrogen-bond acceptors (Lipinski definition) is 3. The van der Waals surface area contributed by atoms with Crippen LogP contribution in [0.2, 0.25) is 0 Å². The molecule has 2 amide bonds. The Morgan fingerprint density at radius 2 is 1.60 bits per heavy atom. The quantitative estimate of drug-likeness (QED) is 0.882. The molecule has 20 heavy (non-hydrogen) atoms. The minimum Gasteiger partial charge on any atom is -0.320 e. The van der Waals surface area contributed by atoms with E-state index in [-0.39, 0.29) is 17.9 Å². The molecule has 5 heteroatoms. The highest BCUT2D eigenvalue weighted by molar-refractivity contribution is 5.99. The maximum Gasteiger partial charge on any atom is 0.243 e. The van der Waals surface area contributed by atoms with Gasteiger partial charge in [0.25, 0.3) is 0 Å². The molecule has 2 N–H and O–H groups in total. The van der Waals surface area contributed by atoms with E-state index in [9.17, 15) is 9.59 Å². The maximum atomic E-state index is 11.9. The minimum absolute atomic E-state index is 0.0215. The summed E-state index contributed by atoms with van der Waals surface area (Å²) in [6, 6.07) is 7.24. The van der Waals surface area contributed by atoms with Crippen molar-refractivity contribution >= 4 is 23.2 Å². The lowest BCUT2D eigenvalue weighted by Crippen LogP contribution is -2.35. The average Bonchev–Trinajstić information content (AvgIpc) is 2.80. The molecule has 2 fully saturated rings. The summed E-state index contributed by atoms with van der Waals surface area (Å²) in [4.78, 5) is 27.3. The van der Waals surface area contributed by atoms with Gasteiger partial charge in [0.2, 0.25) is 11.8 Å². The number of hydrogen-bond donors (Lipinski definition) is 1. The van der Waals surface area contributed by atoms with Crippen LogP contribution in [0.1, 0.15) is 25.7 Å². The molecule has 1 aromatic carbocycles. The van der Waals surface area contributed by atoms with Crippen molar-refractivity contribution in [2.75, 3.05) is 22.9 Å². The van der Waals surface area contributed by atoms with Crippen molar-refractivity contribution < 1.29 is 9.59 Å². The topological polar surface area (TPSA) is 66.6 Å². The second-order valence-electron chi connectivity index (χ2n) is 5.40. The molecule has 2 heterocycles. The average molecular weight is 273 g/mol. The highest BCUT2D eigenvalue weighted by Crippen LogP contribution is 2.26. The number of carbonyl (C=O) groups is 2. The molecule has 1 aromatic rings. The van der Waals surface area contributed by atoms with Gasteiger partial charge >= 0.3 is 0 Å². The number of nitrogens with two attached hydrogens (primary N) is 1. The number of benzene rings is 1. The van der Waals surface area contributed by atoms with Crippen LogP contribution in [0.4, 0.5) is 11.4 Å². The van der Waals surface area contributed by atoms with Crippen molar-refractivity contribution in [3.8, 4) is 0 Å². The van der Waals surface area contributed by atoms with Crippen LogP contribution >= 0.6 is 0 Å². The van der Waals surface area contributed by atoms with Crippen LogP contribution in [-0.4, -0.2) is 30.9 Å². The summed E-state index contributed by atoms with van der Waals surface area (Å²) in [5.74, 6) is 0.162. The molecule has 1 atom stereocenters. The zero-order chi connectivity index (χ0) is 14.1. The van der Waals surface area contributed by atoms with E-state index in [2.05, 4.69) is 0 Å². The number of piperidine rings is 1. The summed E-state index contributed by atoms with van der Waals surface area (Å²) in [5.41, 5.74) is 7.50. The van der Waals surface area contributed by atoms with Crippen LogP contribution in [0.5, 0.6) is 0 Å². The predicted molar refractivity (Wildman–Crippen MR) is 77.6 cm³/mol. The summed E-state index contributed by atoms with van der Waals surface area (Å²) in [7, 11) is 0. The van der Waals surface area contributed by atoms with E-state index in [1.807, 2.05) is 29.2 Å². The molecule has 0 aromatic heterocycles. The SMILES string of the molecule is NC1CCN(c2ccc(N3CCCCC3=O)cc2)C1=O. The molecule has 5 nitrogen and oxygen atoms in total. The molecule has 106 valence electrons. The van der Waals surface area contributed by atoms with Crippen molar-refractivity contribution in [1.29, 1.82) is 0 Å². The largest absolute Gasteiger partial charge is 0.320 e. The third-order valence-electron chi connectivity index (χ3n) is 4.04. The number of carbonyl (C=O) groups excluding carboxylic acids is 2. The van der Waals surface area contributed by atoms with E-state index in [0.717, 1.165) is 30.8 Å². The van der Waals surface area contributed by atoms with Gasteiger partial charge in [-0.05, 0) is 43.5 Å². The Bertz CT molecular complexity index is 503. The molecule has 0 aliphatic carbocycles. The molecule has 2 aliphatic rings. The van der Waals surface area contributed by atoms with Gasteiger partial charge in [0.05, 0.1) is 6.04 Å². The molecule has 0 saturated carbocycles. The maximum absolute atomic E-state index is 11.9. The standard InChI is InChI=1S/C15H19N3O2/c16-13-8-10-18(15(13)20)12-6-4-11(5-7-12)17-9-2-1-3-14(17)19/h4-7,13H,1-3,8-10,16H2. The zero-order valence-electron chi connectivity index (χ0n) is 11.4. The van der Waals surface area contributed by atoms with Crippen LogP contribution in [0.25, 0.3) is 0 Å². The molecular weight excluding hydrogens is 254 g/mol. The molecular formula is C15H19N3O2. The summed E-state index contributed by atoms with van der Waals surface area (Å²) >= 11 is 0. The first-order valence-corrected chi connectivity index (χ1v) is 7.14. The van der Waals surface area contributed by atoms with Gasteiger partial charge in [0.1, 0.15) is 0 Å². The molecule has 1 unspecified atom stereocenters. The van der Waals surface area contributed by atoms with E-state index in [1.165, 1.54) is 0 Å². The summed E-state index contributed by atoms with van der Waals surface area (Å²) in [6.07, 6.45) is 3.35. The molecule has 0 radical (unpaired) electrons. The van der Waals surface area contributed by atoms with Crippen molar-refractivity contribution in [3.63, 3.8) is 0 Å². The monoisotopic (exact) mass is 273 g/mol. The number of nitrogens with zero attached hydrogens (tertiary/aromatic N) is 2. The molecule has 3 rings (SSSR count). The zero-order valence-corrected chi connectivity index (χ0v) is 11.4. The van der Waals surface area contributed by atoms with Gasteiger partial charge in [0.15, 0.2) is 0 Å². The van der Waals surface area contributed by atoms with E-state index in [0.29, 0.717) is 19.4 Å². The van der Waals surface area contributed by atoms with Gasteiger partial charge in [-0.2, -0.15) is 0 Å². The minimum atomic E-state index is -0.377. The Labute approximate surface area is 118 Å². The first-order valence-electron chi connectivity index (χ1n) is 7.14. The fraction of sp³-hybridized carbons (Fsp3) is 0.467. The van der Waals surface area contributed by atoms with Crippen LogP contribution in [0.15, 0.2) is 24.3 Å². The Morgan fingerprint density at radius 1 is 0.950 bits per heavy atom. The lowest BCUT2D eigenvalue weighted by molar-refractivity contribution is -0.119. The lowest BCUT2D eigenvalue weighted by Gasteiger charge is -2.27. The Kier molecular flexibility index (Phi) is 3.44. The third kappa shape index (κ3) is 2.29. The summed E-state index contributed by atoms with van der Waals surface area (Å²) in [5, 5.41) is 0. The van der Waals surface area contributed by atoms with Crippen molar-refractivity contribution in [1.82, 2.24) is 0 Å². The van der Waals surface area contributed by atoms with Gasteiger partial charge in [0, 0.05) is 30.9 Å². The van der Waals surface area contributed by atoms with E-state index in [1.54, 1.807) is 4.90 Å². The van der Waals surface area contributed by atoms with E-state index < -0.39 is 0 Å². The Hall–Kier alpha value is -1.88. The number of amides is 2. The highest BCUT2D eigenvalue weighted by Gasteiger charge is 2.29. The third-order valence-corrected chi connectivity index (χ3v) is 4.04. The van der Waals surface area contributed by atoms with E-state index >= 15 is 0 Å². The first-order chi connectivity index (χ1) is 9.66. The molecule has 0 bridgehead atoms. The summed E-state index contributed by atoms with van der Waals surface area (Å²) in [6.45, 7) is 1.45. The van der Waals surface area contributed by atoms with Crippen molar-refractivity contribution in [3.05, 3.63) is 24.3 Å². The highest BCUT2D eigenvalue weighted by atomic mass is 16.2. The van der Waals surface area contributed by atoms with Crippen molar-refractivity contribution in [2.24, 2.45) is 5.73 Å². The Morgan fingerprint density at radius 3 is 2.15 bits per heavy atom. The van der Waals surface area contributed by atoms with Gasteiger partial charge in [-0.25, -0.2) is 0 Å². The summed E-state index contributed by atoms with van der Waals surface area (Å²) < 4.78 is 0. The predicted octanol–water partition coefficient (Wildman–Crippen LogP) is 1.27. The van der Waals surface area contributed by atoms with Gasteiger partial charge in [-0.1, -0.05) is 0 Å². The Balaban J connectivity index is 1.78. The second kappa shape index (κ2) is 5.25. The molecule has 2 saturated heterocycles.